The average molecular weight is 195 g/mol. The van der Waals surface area contributed by atoms with Gasteiger partial charge in [-0.25, -0.2) is 0 Å². The zero-order valence-corrected chi connectivity index (χ0v) is 9.67. The van der Waals surface area contributed by atoms with E-state index < -0.39 is 0 Å². The molecule has 3 heteroatoms. The molecule has 0 saturated carbocycles. The minimum atomic E-state index is 0.460. The SMILES string of the molecule is CCCc1cc(CNC)nn1C(C)C. The molecule has 80 valence electrons. The zero-order chi connectivity index (χ0) is 10.6. The predicted octanol–water partition coefficient (Wildman–Crippen LogP) is 2.14. The molecule has 1 heterocycles. The van der Waals surface area contributed by atoms with Crippen molar-refractivity contribution in [1.82, 2.24) is 15.1 Å². The van der Waals surface area contributed by atoms with Gasteiger partial charge in [-0.1, -0.05) is 13.3 Å². The van der Waals surface area contributed by atoms with Gasteiger partial charge < -0.3 is 5.32 Å². The third-order valence-electron chi connectivity index (χ3n) is 2.22. The zero-order valence-electron chi connectivity index (χ0n) is 9.67. The van der Waals surface area contributed by atoms with E-state index in [9.17, 15) is 0 Å². The van der Waals surface area contributed by atoms with Crippen LogP contribution in [0.5, 0.6) is 0 Å². The molecule has 0 fully saturated rings. The van der Waals surface area contributed by atoms with Crippen LogP contribution in [0.3, 0.4) is 0 Å². The van der Waals surface area contributed by atoms with E-state index >= 15 is 0 Å². The number of hydrogen-bond donors (Lipinski definition) is 1. The van der Waals surface area contributed by atoms with Crippen LogP contribution in [0.25, 0.3) is 0 Å². The number of aromatic nitrogens is 2. The van der Waals surface area contributed by atoms with Gasteiger partial charge in [-0.2, -0.15) is 5.10 Å². The fraction of sp³-hybridized carbons (Fsp3) is 0.727. The van der Waals surface area contributed by atoms with Crippen molar-refractivity contribution in [3.05, 3.63) is 17.5 Å². The van der Waals surface area contributed by atoms with E-state index in [0.29, 0.717) is 6.04 Å². The highest BCUT2D eigenvalue weighted by atomic mass is 15.3. The molecule has 1 aromatic rings. The number of hydrogen-bond acceptors (Lipinski definition) is 2. The van der Waals surface area contributed by atoms with Crippen molar-refractivity contribution in [2.75, 3.05) is 7.05 Å². The minimum Gasteiger partial charge on any atom is -0.314 e. The summed E-state index contributed by atoms with van der Waals surface area (Å²) >= 11 is 0. The Balaban J connectivity index is 2.87. The molecule has 0 aromatic carbocycles. The average Bonchev–Trinajstić information content (AvgIpc) is 2.49. The molecule has 0 aliphatic rings. The van der Waals surface area contributed by atoms with Gasteiger partial charge in [0.15, 0.2) is 0 Å². The minimum absolute atomic E-state index is 0.460. The van der Waals surface area contributed by atoms with E-state index in [0.717, 1.165) is 18.7 Å². The Bertz CT molecular complexity index is 276. The van der Waals surface area contributed by atoms with Crippen molar-refractivity contribution < 1.29 is 0 Å². The van der Waals surface area contributed by atoms with Gasteiger partial charge in [0.05, 0.1) is 5.69 Å². The van der Waals surface area contributed by atoms with Gasteiger partial charge in [0.2, 0.25) is 0 Å². The van der Waals surface area contributed by atoms with Crippen molar-refractivity contribution in [2.45, 2.75) is 46.2 Å². The smallest absolute Gasteiger partial charge is 0.0765 e. The molecular formula is C11H21N3. The van der Waals surface area contributed by atoms with E-state index in [1.165, 1.54) is 12.1 Å². The lowest BCUT2D eigenvalue weighted by Crippen LogP contribution is -2.09. The molecule has 0 aliphatic heterocycles. The highest BCUT2D eigenvalue weighted by molar-refractivity contribution is 5.11. The summed E-state index contributed by atoms with van der Waals surface area (Å²) in [6.45, 7) is 7.41. The lowest BCUT2D eigenvalue weighted by Gasteiger charge is -2.09. The summed E-state index contributed by atoms with van der Waals surface area (Å²) in [7, 11) is 1.95. The molecule has 0 radical (unpaired) electrons. The van der Waals surface area contributed by atoms with Gasteiger partial charge in [-0.05, 0) is 33.4 Å². The molecule has 0 atom stereocenters. The predicted molar refractivity (Wildman–Crippen MR) is 59.4 cm³/mol. The monoisotopic (exact) mass is 195 g/mol. The first-order valence-corrected chi connectivity index (χ1v) is 5.41. The van der Waals surface area contributed by atoms with Gasteiger partial charge in [-0.15, -0.1) is 0 Å². The first-order valence-electron chi connectivity index (χ1n) is 5.41. The number of rotatable bonds is 5. The fourth-order valence-corrected chi connectivity index (χ4v) is 1.65. The Morgan fingerprint density at radius 1 is 1.50 bits per heavy atom. The Morgan fingerprint density at radius 2 is 2.21 bits per heavy atom. The van der Waals surface area contributed by atoms with Crippen molar-refractivity contribution in [1.29, 1.82) is 0 Å². The first-order chi connectivity index (χ1) is 6.69. The molecule has 0 amide bonds. The Labute approximate surface area is 86.5 Å². The second kappa shape index (κ2) is 5.15. The van der Waals surface area contributed by atoms with E-state index in [1.807, 2.05) is 7.05 Å². The van der Waals surface area contributed by atoms with E-state index in [2.05, 4.69) is 41.9 Å². The lowest BCUT2D eigenvalue weighted by molar-refractivity contribution is 0.501. The number of nitrogens with one attached hydrogen (secondary N) is 1. The largest absolute Gasteiger partial charge is 0.314 e. The van der Waals surface area contributed by atoms with Gasteiger partial charge in [0, 0.05) is 18.3 Å². The summed E-state index contributed by atoms with van der Waals surface area (Å²) in [6, 6.07) is 2.67. The van der Waals surface area contributed by atoms with Crippen LogP contribution < -0.4 is 5.32 Å². The molecule has 0 bridgehead atoms. The van der Waals surface area contributed by atoms with Crippen LogP contribution in [0.2, 0.25) is 0 Å². The highest BCUT2D eigenvalue weighted by Crippen LogP contribution is 2.13. The van der Waals surface area contributed by atoms with Crippen LogP contribution in [0.1, 0.15) is 44.6 Å². The molecule has 1 rings (SSSR count). The molecule has 0 aliphatic carbocycles. The topological polar surface area (TPSA) is 29.9 Å². The molecule has 0 saturated heterocycles. The molecule has 14 heavy (non-hydrogen) atoms. The van der Waals surface area contributed by atoms with Crippen LogP contribution in [-0.4, -0.2) is 16.8 Å². The normalized spacial score (nSPS) is 11.2. The maximum absolute atomic E-state index is 4.57. The summed E-state index contributed by atoms with van der Waals surface area (Å²) in [6.07, 6.45) is 2.30. The van der Waals surface area contributed by atoms with Crippen LogP contribution in [-0.2, 0) is 13.0 Å². The van der Waals surface area contributed by atoms with Gasteiger partial charge in [-0.3, -0.25) is 4.68 Å². The second-order valence-electron chi connectivity index (χ2n) is 3.95. The van der Waals surface area contributed by atoms with Crippen LogP contribution in [0.4, 0.5) is 0 Å². The van der Waals surface area contributed by atoms with E-state index in [4.69, 9.17) is 0 Å². The third kappa shape index (κ3) is 2.58. The van der Waals surface area contributed by atoms with Crippen LogP contribution in [0.15, 0.2) is 6.07 Å². The van der Waals surface area contributed by atoms with E-state index in [-0.39, 0.29) is 0 Å². The molecular weight excluding hydrogens is 174 g/mol. The molecule has 1 aromatic heterocycles. The summed E-state index contributed by atoms with van der Waals surface area (Å²) in [5, 5.41) is 7.70. The Morgan fingerprint density at radius 3 is 2.71 bits per heavy atom. The summed E-state index contributed by atoms with van der Waals surface area (Å²) in [4.78, 5) is 0. The van der Waals surface area contributed by atoms with E-state index in [1.54, 1.807) is 0 Å². The highest BCUT2D eigenvalue weighted by Gasteiger charge is 2.08. The van der Waals surface area contributed by atoms with Gasteiger partial charge in [0.25, 0.3) is 0 Å². The summed E-state index contributed by atoms with van der Waals surface area (Å²) in [5.74, 6) is 0. The number of aryl methyl sites for hydroxylation is 1. The standard InChI is InChI=1S/C11H21N3/c1-5-6-11-7-10(8-12-4)13-14(11)9(2)3/h7,9,12H,5-6,8H2,1-4H3. The summed E-state index contributed by atoms with van der Waals surface area (Å²) in [5.41, 5.74) is 2.50. The Kier molecular flexibility index (Phi) is 4.14. The molecule has 0 spiro atoms. The fourth-order valence-electron chi connectivity index (χ4n) is 1.65. The van der Waals surface area contributed by atoms with Crippen molar-refractivity contribution in [3.8, 4) is 0 Å². The lowest BCUT2D eigenvalue weighted by atomic mass is 10.2. The van der Waals surface area contributed by atoms with Crippen molar-refractivity contribution >= 4 is 0 Å². The van der Waals surface area contributed by atoms with Gasteiger partial charge in [0.1, 0.15) is 0 Å². The van der Waals surface area contributed by atoms with Gasteiger partial charge >= 0.3 is 0 Å². The van der Waals surface area contributed by atoms with Crippen molar-refractivity contribution in [2.24, 2.45) is 0 Å². The number of nitrogens with zero attached hydrogens (tertiary/aromatic N) is 2. The van der Waals surface area contributed by atoms with Crippen molar-refractivity contribution in [3.63, 3.8) is 0 Å². The van der Waals surface area contributed by atoms with Crippen LogP contribution in [0, 0.1) is 0 Å². The maximum Gasteiger partial charge on any atom is 0.0765 e. The molecule has 3 nitrogen and oxygen atoms in total. The quantitative estimate of drug-likeness (QED) is 0.780. The second-order valence-corrected chi connectivity index (χ2v) is 3.95. The van der Waals surface area contributed by atoms with Crippen LogP contribution >= 0.6 is 0 Å². The molecule has 0 unspecified atom stereocenters. The first kappa shape index (κ1) is 11.2. The Hall–Kier alpha value is -0.830. The third-order valence-corrected chi connectivity index (χ3v) is 2.22. The maximum atomic E-state index is 4.57. The summed E-state index contributed by atoms with van der Waals surface area (Å²) < 4.78 is 2.14. The molecule has 1 N–H and O–H groups in total.